The first-order valence-electron chi connectivity index (χ1n) is 10.9. The van der Waals surface area contributed by atoms with E-state index >= 15 is 0 Å². The molecule has 0 atom stereocenters. The van der Waals surface area contributed by atoms with E-state index in [9.17, 15) is 9.59 Å². The fourth-order valence-corrected chi connectivity index (χ4v) is 3.11. The number of rotatable bonds is 12. The molecule has 0 bridgehead atoms. The van der Waals surface area contributed by atoms with Crippen molar-refractivity contribution < 1.29 is 23.8 Å². The first kappa shape index (κ1) is 23.1. The van der Waals surface area contributed by atoms with Crippen LogP contribution in [0.15, 0.2) is 78.9 Å². The predicted molar refractivity (Wildman–Crippen MR) is 124 cm³/mol. The lowest BCUT2D eigenvalue weighted by Gasteiger charge is -2.10. The summed E-state index contributed by atoms with van der Waals surface area (Å²) in [6.45, 7) is 2.60. The summed E-state index contributed by atoms with van der Waals surface area (Å²) in [5, 5.41) is 0. The lowest BCUT2D eigenvalue weighted by Crippen LogP contribution is -2.17. The van der Waals surface area contributed by atoms with Crippen LogP contribution in [-0.2, 0) is 4.79 Å². The van der Waals surface area contributed by atoms with Crippen LogP contribution in [0.5, 0.6) is 17.2 Å². The summed E-state index contributed by atoms with van der Waals surface area (Å²) in [5.41, 5.74) is 1.14. The van der Waals surface area contributed by atoms with E-state index in [1.807, 2.05) is 30.3 Å². The van der Waals surface area contributed by atoms with Gasteiger partial charge in [0.15, 0.2) is 12.4 Å². The summed E-state index contributed by atoms with van der Waals surface area (Å²) >= 11 is 0. The first-order chi connectivity index (χ1) is 15.7. The molecule has 0 radical (unpaired) electrons. The average molecular weight is 433 g/mol. The van der Waals surface area contributed by atoms with Gasteiger partial charge in [-0.2, -0.15) is 0 Å². The normalized spacial score (nSPS) is 10.4. The highest BCUT2D eigenvalue weighted by molar-refractivity contribution is 6.09. The Bertz CT molecular complexity index is 996. The van der Waals surface area contributed by atoms with Crippen LogP contribution in [0.4, 0.5) is 0 Å². The zero-order valence-corrected chi connectivity index (χ0v) is 18.3. The highest BCUT2D eigenvalue weighted by Gasteiger charge is 2.11. The zero-order valence-electron chi connectivity index (χ0n) is 18.3. The van der Waals surface area contributed by atoms with Gasteiger partial charge in [-0.15, -0.1) is 0 Å². The summed E-state index contributed by atoms with van der Waals surface area (Å²) < 4.78 is 16.6. The van der Waals surface area contributed by atoms with Crippen molar-refractivity contribution in [3.05, 3.63) is 90.0 Å². The van der Waals surface area contributed by atoms with Gasteiger partial charge in [-0.05, 0) is 42.8 Å². The first-order valence-corrected chi connectivity index (χ1v) is 10.9. The van der Waals surface area contributed by atoms with Crippen molar-refractivity contribution in [1.82, 2.24) is 0 Å². The Labute approximate surface area is 188 Å². The molecule has 0 aliphatic rings. The van der Waals surface area contributed by atoms with Crippen LogP contribution < -0.4 is 14.2 Å². The largest absolute Gasteiger partial charge is 0.493 e. The molecule has 0 N–H and O–H groups in total. The topological polar surface area (TPSA) is 61.8 Å². The molecule has 0 fully saturated rings. The minimum Gasteiger partial charge on any atom is -0.493 e. The Kier molecular flexibility index (Phi) is 8.87. The molecule has 0 unspecified atom stereocenters. The van der Waals surface area contributed by atoms with E-state index in [1.165, 1.54) is 12.8 Å². The van der Waals surface area contributed by atoms with Crippen LogP contribution in [-0.4, -0.2) is 25.0 Å². The third kappa shape index (κ3) is 7.27. The number of carbonyl (C=O) groups excluding carboxylic acids is 2. The zero-order chi connectivity index (χ0) is 22.6. The molecule has 0 saturated carbocycles. The Morgan fingerprint density at radius 1 is 0.688 bits per heavy atom. The van der Waals surface area contributed by atoms with Gasteiger partial charge < -0.3 is 14.2 Å². The molecule has 0 amide bonds. The van der Waals surface area contributed by atoms with Crippen LogP contribution in [0.3, 0.4) is 0 Å². The Morgan fingerprint density at radius 2 is 1.38 bits per heavy atom. The highest BCUT2D eigenvalue weighted by atomic mass is 16.6. The summed E-state index contributed by atoms with van der Waals surface area (Å²) in [6, 6.07) is 22.7. The lowest BCUT2D eigenvalue weighted by atomic mass is 10.0. The molecule has 0 saturated heterocycles. The molecule has 3 aromatic carbocycles. The van der Waals surface area contributed by atoms with Crippen molar-refractivity contribution in [3.63, 3.8) is 0 Å². The number of esters is 1. The van der Waals surface area contributed by atoms with Gasteiger partial charge in [0, 0.05) is 17.2 Å². The Balaban J connectivity index is 1.46. The van der Waals surface area contributed by atoms with Gasteiger partial charge in [0.25, 0.3) is 0 Å². The minimum atomic E-state index is -0.530. The van der Waals surface area contributed by atoms with E-state index in [4.69, 9.17) is 14.2 Å². The average Bonchev–Trinajstić information content (AvgIpc) is 2.83. The monoisotopic (exact) mass is 432 g/mol. The van der Waals surface area contributed by atoms with Gasteiger partial charge in [0.1, 0.15) is 17.2 Å². The second kappa shape index (κ2) is 12.3. The summed E-state index contributed by atoms with van der Waals surface area (Å²) in [6.07, 6.45) is 4.57. The third-order valence-electron chi connectivity index (χ3n) is 4.81. The minimum absolute atomic E-state index is 0.0840. The van der Waals surface area contributed by atoms with Gasteiger partial charge in [-0.3, -0.25) is 4.79 Å². The molecule has 32 heavy (non-hydrogen) atoms. The molecule has 3 aromatic rings. The third-order valence-corrected chi connectivity index (χ3v) is 4.81. The smallest absolute Gasteiger partial charge is 0.349 e. The van der Waals surface area contributed by atoms with E-state index < -0.39 is 5.97 Å². The van der Waals surface area contributed by atoms with E-state index in [0.29, 0.717) is 35.0 Å². The van der Waals surface area contributed by atoms with Gasteiger partial charge in [0.05, 0.1) is 6.61 Å². The van der Waals surface area contributed by atoms with Gasteiger partial charge in [-0.25, -0.2) is 4.79 Å². The SMILES string of the molecule is CCCCCCOc1cccc(OCC(=O)Oc2ccc(C(=O)c3ccccc3)cc2)c1. The van der Waals surface area contributed by atoms with Crippen molar-refractivity contribution >= 4 is 11.8 Å². The van der Waals surface area contributed by atoms with Crippen LogP contribution >= 0.6 is 0 Å². The summed E-state index contributed by atoms with van der Waals surface area (Å²) in [5.74, 6) is 0.993. The van der Waals surface area contributed by atoms with Crippen molar-refractivity contribution in [2.75, 3.05) is 13.2 Å². The fraction of sp³-hybridized carbons (Fsp3) is 0.259. The number of ether oxygens (including phenoxy) is 3. The maximum absolute atomic E-state index is 12.4. The van der Waals surface area contributed by atoms with Crippen molar-refractivity contribution in [2.24, 2.45) is 0 Å². The van der Waals surface area contributed by atoms with Crippen molar-refractivity contribution in [1.29, 1.82) is 0 Å². The number of unbranched alkanes of at least 4 members (excludes halogenated alkanes) is 3. The Morgan fingerprint density at radius 3 is 2.09 bits per heavy atom. The number of benzene rings is 3. The molecule has 0 spiro atoms. The maximum Gasteiger partial charge on any atom is 0.349 e. The van der Waals surface area contributed by atoms with E-state index in [2.05, 4.69) is 6.92 Å². The standard InChI is InChI=1S/C27H28O5/c1-2-3-4-8-18-30-24-12-9-13-25(19-24)31-20-26(28)32-23-16-14-22(15-17-23)27(29)21-10-6-5-7-11-21/h5-7,9-17,19H,2-4,8,18,20H2,1H3. The summed E-state index contributed by atoms with van der Waals surface area (Å²) in [4.78, 5) is 24.6. The highest BCUT2D eigenvalue weighted by Crippen LogP contribution is 2.20. The fourth-order valence-electron chi connectivity index (χ4n) is 3.11. The summed E-state index contributed by atoms with van der Waals surface area (Å²) in [7, 11) is 0. The van der Waals surface area contributed by atoms with Crippen LogP contribution in [0.2, 0.25) is 0 Å². The van der Waals surface area contributed by atoms with Gasteiger partial charge in [0.2, 0.25) is 0 Å². The number of hydrogen-bond acceptors (Lipinski definition) is 5. The Hall–Kier alpha value is -3.60. The van der Waals surface area contributed by atoms with Crippen LogP contribution in [0.25, 0.3) is 0 Å². The van der Waals surface area contributed by atoms with Crippen LogP contribution in [0, 0.1) is 0 Å². The van der Waals surface area contributed by atoms with Gasteiger partial charge in [-0.1, -0.05) is 62.6 Å². The molecule has 0 aliphatic heterocycles. The quantitative estimate of drug-likeness (QED) is 0.155. The molecular formula is C27H28O5. The van der Waals surface area contributed by atoms with E-state index in [0.717, 1.165) is 12.8 Å². The number of hydrogen-bond donors (Lipinski definition) is 0. The second-order valence-electron chi connectivity index (χ2n) is 7.37. The van der Waals surface area contributed by atoms with E-state index in [1.54, 1.807) is 48.5 Å². The van der Waals surface area contributed by atoms with Crippen molar-refractivity contribution in [2.45, 2.75) is 32.6 Å². The number of carbonyl (C=O) groups is 2. The van der Waals surface area contributed by atoms with Crippen LogP contribution in [0.1, 0.15) is 48.5 Å². The molecule has 0 aromatic heterocycles. The van der Waals surface area contributed by atoms with Gasteiger partial charge >= 0.3 is 5.97 Å². The second-order valence-corrected chi connectivity index (χ2v) is 7.37. The maximum atomic E-state index is 12.4. The predicted octanol–water partition coefficient (Wildman–Crippen LogP) is 5.86. The molecule has 0 aliphatic carbocycles. The van der Waals surface area contributed by atoms with Crippen molar-refractivity contribution in [3.8, 4) is 17.2 Å². The molecule has 0 heterocycles. The lowest BCUT2D eigenvalue weighted by molar-refractivity contribution is -0.136. The molecular weight excluding hydrogens is 404 g/mol. The number of ketones is 1. The molecule has 3 rings (SSSR count). The van der Waals surface area contributed by atoms with E-state index in [-0.39, 0.29) is 12.4 Å². The molecule has 5 heteroatoms. The molecule has 166 valence electrons. The molecule has 5 nitrogen and oxygen atoms in total.